The van der Waals surface area contributed by atoms with Crippen LogP contribution in [0.15, 0.2) is 24.3 Å². The Kier molecular flexibility index (Phi) is 5.09. The van der Waals surface area contributed by atoms with Gasteiger partial charge in [-0.3, -0.25) is 4.79 Å². The molecule has 0 amide bonds. The first-order valence-electron chi connectivity index (χ1n) is 7.11. The minimum atomic E-state index is -0.423. The maximum atomic E-state index is 11.4. The molecule has 0 bridgehead atoms. The van der Waals surface area contributed by atoms with Crippen molar-refractivity contribution in [3.05, 3.63) is 24.3 Å². The largest absolute Gasteiger partial charge is 0.490 e. The predicted octanol–water partition coefficient (Wildman–Crippen LogP) is 3.57. The molecule has 0 spiro atoms. The molecule has 5 nitrogen and oxygen atoms in total. The Morgan fingerprint density at radius 3 is 2.00 bits per heavy atom. The summed E-state index contributed by atoms with van der Waals surface area (Å²) in [5.41, 5.74) is 0. The number of carbonyl (C=O) groups is 1. The zero-order valence-electron chi connectivity index (χ0n) is 13.3. The van der Waals surface area contributed by atoms with Crippen LogP contribution in [0.5, 0.6) is 23.0 Å². The highest BCUT2D eigenvalue weighted by atomic mass is 16.6. The quantitative estimate of drug-likeness (QED) is 0.603. The van der Waals surface area contributed by atoms with Gasteiger partial charge in [-0.25, -0.2) is 0 Å². The second-order valence-electron chi connectivity index (χ2n) is 4.71. The van der Waals surface area contributed by atoms with Crippen LogP contribution in [-0.4, -0.2) is 26.8 Å². The van der Waals surface area contributed by atoms with E-state index >= 15 is 0 Å². The van der Waals surface area contributed by atoms with Crippen molar-refractivity contribution in [2.45, 2.75) is 20.3 Å². The summed E-state index contributed by atoms with van der Waals surface area (Å²) in [4.78, 5) is 11.4. The smallest absolute Gasteiger partial charge is 0.308 e. The second-order valence-corrected chi connectivity index (χ2v) is 4.71. The number of esters is 1. The first-order chi connectivity index (χ1) is 10.6. The molecule has 0 saturated heterocycles. The fourth-order valence-corrected chi connectivity index (χ4v) is 2.29. The highest BCUT2D eigenvalue weighted by Crippen LogP contribution is 2.51. The Morgan fingerprint density at radius 1 is 0.955 bits per heavy atom. The number of hydrogen-bond acceptors (Lipinski definition) is 5. The van der Waals surface area contributed by atoms with Crippen LogP contribution in [0.25, 0.3) is 10.8 Å². The molecule has 22 heavy (non-hydrogen) atoms. The van der Waals surface area contributed by atoms with E-state index in [1.54, 1.807) is 0 Å². The molecule has 5 heteroatoms. The molecule has 0 aliphatic rings. The summed E-state index contributed by atoms with van der Waals surface area (Å²) in [6.07, 6.45) is 0.867. The third-order valence-corrected chi connectivity index (χ3v) is 3.14. The molecule has 0 aliphatic heterocycles. The predicted molar refractivity (Wildman–Crippen MR) is 84.1 cm³/mol. The van der Waals surface area contributed by atoms with Gasteiger partial charge in [-0.1, -0.05) is 31.2 Å². The lowest BCUT2D eigenvalue weighted by molar-refractivity contribution is -0.131. The normalized spacial score (nSPS) is 10.4. The summed E-state index contributed by atoms with van der Waals surface area (Å²) < 4.78 is 22.1. The van der Waals surface area contributed by atoms with Gasteiger partial charge >= 0.3 is 5.97 Å². The Hall–Kier alpha value is -2.43. The maximum absolute atomic E-state index is 11.4. The van der Waals surface area contributed by atoms with Gasteiger partial charge in [-0.05, 0) is 6.42 Å². The van der Waals surface area contributed by atoms with Gasteiger partial charge in [0.25, 0.3) is 0 Å². The van der Waals surface area contributed by atoms with E-state index in [-0.39, 0.29) is 0 Å². The van der Waals surface area contributed by atoms with Gasteiger partial charge in [-0.15, -0.1) is 0 Å². The van der Waals surface area contributed by atoms with Gasteiger partial charge in [0.2, 0.25) is 11.5 Å². The molecule has 118 valence electrons. The minimum Gasteiger partial charge on any atom is -0.490 e. The maximum Gasteiger partial charge on any atom is 0.308 e. The number of carbonyl (C=O) groups excluding carboxylic acids is 1. The van der Waals surface area contributed by atoms with Gasteiger partial charge in [0.05, 0.1) is 20.8 Å². The number of methoxy groups -OCH3 is 2. The SMILES string of the molecule is CCCOc1c(OC)c(OC)c(OC(C)=O)c2ccccc12. The molecule has 0 saturated carbocycles. The van der Waals surface area contributed by atoms with Crippen LogP contribution in [-0.2, 0) is 4.79 Å². The van der Waals surface area contributed by atoms with Crippen molar-refractivity contribution in [2.75, 3.05) is 20.8 Å². The van der Waals surface area contributed by atoms with Gasteiger partial charge in [0.1, 0.15) is 0 Å². The minimum absolute atomic E-state index is 0.339. The Labute approximate surface area is 129 Å². The van der Waals surface area contributed by atoms with Gasteiger partial charge < -0.3 is 18.9 Å². The van der Waals surface area contributed by atoms with E-state index in [2.05, 4.69) is 0 Å². The topological polar surface area (TPSA) is 54.0 Å². The zero-order chi connectivity index (χ0) is 16.1. The summed E-state index contributed by atoms with van der Waals surface area (Å²) in [5.74, 6) is 1.28. The lowest BCUT2D eigenvalue weighted by Crippen LogP contribution is -2.06. The van der Waals surface area contributed by atoms with Crippen molar-refractivity contribution < 1.29 is 23.7 Å². The van der Waals surface area contributed by atoms with Gasteiger partial charge in [0.15, 0.2) is 11.5 Å². The average Bonchev–Trinajstić information content (AvgIpc) is 2.52. The number of hydrogen-bond donors (Lipinski definition) is 0. The van der Waals surface area contributed by atoms with Crippen LogP contribution in [0, 0.1) is 0 Å². The highest BCUT2D eigenvalue weighted by Gasteiger charge is 2.24. The summed E-state index contributed by atoms with van der Waals surface area (Å²) in [7, 11) is 3.03. The molecule has 0 unspecified atom stereocenters. The Morgan fingerprint density at radius 2 is 1.50 bits per heavy atom. The number of fused-ring (bicyclic) bond motifs is 1. The molecule has 0 radical (unpaired) electrons. The molecule has 0 atom stereocenters. The standard InChI is InChI=1S/C17H20O5/c1-5-10-21-14-12-8-6-7-9-13(12)15(22-11(2)18)17(20-4)16(14)19-3/h6-9H,5,10H2,1-4H3. The Bertz CT molecular complexity index is 678. The van der Waals surface area contributed by atoms with E-state index in [4.69, 9.17) is 18.9 Å². The van der Waals surface area contributed by atoms with Crippen molar-refractivity contribution in [3.8, 4) is 23.0 Å². The number of benzene rings is 2. The Balaban J connectivity index is 2.80. The lowest BCUT2D eigenvalue weighted by atomic mass is 10.1. The summed E-state index contributed by atoms with van der Waals surface area (Å²) in [5, 5.41) is 1.55. The third kappa shape index (κ3) is 2.93. The van der Waals surface area contributed by atoms with E-state index in [1.165, 1.54) is 21.1 Å². The molecule has 0 aliphatic carbocycles. The molecular weight excluding hydrogens is 284 g/mol. The third-order valence-electron chi connectivity index (χ3n) is 3.14. The first kappa shape index (κ1) is 15.9. The van der Waals surface area contributed by atoms with E-state index in [0.717, 1.165) is 17.2 Å². The van der Waals surface area contributed by atoms with E-state index in [0.29, 0.717) is 29.6 Å². The summed E-state index contributed by atoms with van der Waals surface area (Å²) in [6.45, 7) is 3.93. The average molecular weight is 304 g/mol. The molecule has 0 N–H and O–H groups in total. The molecule has 2 aromatic carbocycles. The van der Waals surface area contributed by atoms with Crippen molar-refractivity contribution in [1.82, 2.24) is 0 Å². The van der Waals surface area contributed by atoms with Crippen LogP contribution >= 0.6 is 0 Å². The molecular formula is C17H20O5. The fraction of sp³-hybridized carbons (Fsp3) is 0.353. The number of ether oxygens (including phenoxy) is 4. The lowest BCUT2D eigenvalue weighted by Gasteiger charge is -2.19. The second kappa shape index (κ2) is 7.02. The van der Waals surface area contributed by atoms with Crippen LogP contribution in [0.4, 0.5) is 0 Å². The molecule has 2 rings (SSSR count). The van der Waals surface area contributed by atoms with E-state index < -0.39 is 5.97 Å². The van der Waals surface area contributed by atoms with Crippen LogP contribution in [0.2, 0.25) is 0 Å². The molecule has 0 fully saturated rings. The van der Waals surface area contributed by atoms with Gasteiger partial charge in [0, 0.05) is 17.7 Å². The van der Waals surface area contributed by atoms with Crippen LogP contribution in [0.1, 0.15) is 20.3 Å². The fourth-order valence-electron chi connectivity index (χ4n) is 2.29. The highest BCUT2D eigenvalue weighted by molar-refractivity contribution is 6.00. The summed E-state index contributed by atoms with van der Waals surface area (Å²) >= 11 is 0. The number of rotatable bonds is 6. The molecule has 2 aromatic rings. The van der Waals surface area contributed by atoms with Gasteiger partial charge in [-0.2, -0.15) is 0 Å². The van der Waals surface area contributed by atoms with Crippen molar-refractivity contribution in [1.29, 1.82) is 0 Å². The van der Waals surface area contributed by atoms with Crippen molar-refractivity contribution in [2.24, 2.45) is 0 Å². The molecule has 0 aromatic heterocycles. The van der Waals surface area contributed by atoms with Crippen molar-refractivity contribution >= 4 is 16.7 Å². The van der Waals surface area contributed by atoms with Crippen LogP contribution in [0.3, 0.4) is 0 Å². The van der Waals surface area contributed by atoms with Crippen LogP contribution < -0.4 is 18.9 Å². The van der Waals surface area contributed by atoms with E-state index in [9.17, 15) is 4.79 Å². The van der Waals surface area contributed by atoms with Crippen molar-refractivity contribution in [3.63, 3.8) is 0 Å². The zero-order valence-corrected chi connectivity index (χ0v) is 13.3. The first-order valence-corrected chi connectivity index (χ1v) is 7.11. The van der Waals surface area contributed by atoms with E-state index in [1.807, 2.05) is 31.2 Å². The molecule has 0 heterocycles. The monoisotopic (exact) mass is 304 g/mol. The summed E-state index contributed by atoms with van der Waals surface area (Å²) in [6, 6.07) is 7.51.